The van der Waals surface area contributed by atoms with Gasteiger partial charge in [0.25, 0.3) is 0 Å². The molecule has 0 saturated carbocycles. The van der Waals surface area contributed by atoms with Crippen LogP contribution in [0.4, 0.5) is 0 Å². The monoisotopic (exact) mass is 166 g/mol. The second-order valence-electron chi connectivity index (χ2n) is 1.35. The van der Waals surface area contributed by atoms with E-state index in [0.717, 1.165) is 0 Å². The highest BCUT2D eigenvalue weighted by molar-refractivity contribution is 6.34. The van der Waals surface area contributed by atoms with Crippen molar-refractivity contribution < 1.29 is 0 Å². The zero-order valence-corrected chi connectivity index (χ0v) is 6.28. The molecule has 0 unspecified atom stereocenters. The van der Waals surface area contributed by atoms with Gasteiger partial charge in [-0.2, -0.15) is 0 Å². The largest absolute Gasteiger partial charge is 0.389 e. The quantitative estimate of drug-likeness (QED) is 0.478. The zero-order chi connectivity index (χ0) is 7.28. The van der Waals surface area contributed by atoms with Crippen LogP contribution in [0.2, 0.25) is 0 Å². The van der Waals surface area contributed by atoms with Crippen LogP contribution < -0.4 is 11.5 Å². The molecular weight excluding hydrogens is 159 g/mol. The molecule has 0 radical (unpaired) electrons. The van der Waals surface area contributed by atoms with Crippen LogP contribution in [-0.2, 0) is 0 Å². The average molecular weight is 167 g/mol. The summed E-state index contributed by atoms with van der Waals surface area (Å²) in [6, 6.07) is 0. The molecule has 0 aliphatic heterocycles. The molecule has 0 spiro atoms. The molecule has 52 valence electrons. The van der Waals surface area contributed by atoms with E-state index < -0.39 is 0 Å². The number of halogens is 2. The SMILES string of the molecule is NC/C=C(Cl)\C=C(/N)Cl. The minimum absolute atomic E-state index is 0.157. The van der Waals surface area contributed by atoms with Crippen molar-refractivity contribution in [2.75, 3.05) is 6.54 Å². The maximum atomic E-state index is 5.52. The van der Waals surface area contributed by atoms with Crippen molar-refractivity contribution in [3.05, 3.63) is 22.3 Å². The second-order valence-corrected chi connectivity index (χ2v) is 2.23. The maximum Gasteiger partial charge on any atom is 0.101 e. The fourth-order valence-electron chi connectivity index (χ4n) is 0.303. The minimum atomic E-state index is 0.157. The van der Waals surface area contributed by atoms with Crippen LogP contribution in [0.5, 0.6) is 0 Å². The van der Waals surface area contributed by atoms with Crippen LogP contribution in [0.25, 0.3) is 0 Å². The van der Waals surface area contributed by atoms with Gasteiger partial charge in [0, 0.05) is 11.6 Å². The highest BCUT2D eigenvalue weighted by atomic mass is 35.5. The number of rotatable bonds is 2. The molecular formula is C5H8Cl2N2. The van der Waals surface area contributed by atoms with Gasteiger partial charge in [0.15, 0.2) is 0 Å². The lowest BCUT2D eigenvalue weighted by Crippen LogP contribution is -1.94. The Morgan fingerprint density at radius 1 is 1.44 bits per heavy atom. The molecule has 0 rings (SSSR count). The van der Waals surface area contributed by atoms with Gasteiger partial charge in [0.2, 0.25) is 0 Å². The van der Waals surface area contributed by atoms with Gasteiger partial charge < -0.3 is 11.5 Å². The van der Waals surface area contributed by atoms with E-state index in [2.05, 4.69) is 0 Å². The van der Waals surface area contributed by atoms with E-state index in [1.54, 1.807) is 6.08 Å². The minimum Gasteiger partial charge on any atom is -0.389 e. The van der Waals surface area contributed by atoms with Gasteiger partial charge >= 0.3 is 0 Å². The van der Waals surface area contributed by atoms with Crippen molar-refractivity contribution >= 4 is 23.2 Å². The smallest absolute Gasteiger partial charge is 0.101 e. The van der Waals surface area contributed by atoms with Gasteiger partial charge in [-0.25, -0.2) is 0 Å². The van der Waals surface area contributed by atoms with Gasteiger partial charge in [-0.3, -0.25) is 0 Å². The van der Waals surface area contributed by atoms with Gasteiger partial charge in [0.05, 0.1) is 0 Å². The maximum absolute atomic E-state index is 5.52. The average Bonchev–Trinajstić information content (AvgIpc) is 1.63. The van der Waals surface area contributed by atoms with E-state index in [1.807, 2.05) is 0 Å². The lowest BCUT2D eigenvalue weighted by atomic mass is 10.5. The van der Waals surface area contributed by atoms with Crippen molar-refractivity contribution in [2.24, 2.45) is 11.5 Å². The fourth-order valence-corrected chi connectivity index (χ4v) is 0.683. The third-order valence-corrected chi connectivity index (χ3v) is 0.961. The summed E-state index contributed by atoms with van der Waals surface area (Å²) in [6.45, 7) is 0.388. The van der Waals surface area contributed by atoms with Crippen LogP contribution in [0, 0.1) is 0 Å². The van der Waals surface area contributed by atoms with Crippen LogP contribution in [0.3, 0.4) is 0 Å². The molecule has 0 heterocycles. The summed E-state index contributed by atoms with van der Waals surface area (Å²) in [4.78, 5) is 0. The Morgan fingerprint density at radius 2 is 2.00 bits per heavy atom. The van der Waals surface area contributed by atoms with E-state index in [9.17, 15) is 0 Å². The standard InChI is InChI=1S/C5H8Cl2N2/c6-4(1-2-8)3-5(7)9/h1,3H,2,8-9H2/b4-1+,5-3-. The first-order valence-electron chi connectivity index (χ1n) is 2.35. The number of hydrogen-bond acceptors (Lipinski definition) is 2. The molecule has 4 heteroatoms. The lowest BCUT2D eigenvalue weighted by Gasteiger charge is -1.87. The molecule has 0 fully saturated rings. The Kier molecular flexibility index (Phi) is 4.58. The summed E-state index contributed by atoms with van der Waals surface area (Å²) in [7, 11) is 0. The Hall–Kier alpha value is -0.180. The van der Waals surface area contributed by atoms with Gasteiger partial charge in [-0.1, -0.05) is 29.3 Å². The second kappa shape index (κ2) is 4.68. The summed E-state index contributed by atoms with van der Waals surface area (Å²) < 4.78 is 0. The Labute approximate surface area is 64.1 Å². The first-order valence-corrected chi connectivity index (χ1v) is 3.11. The zero-order valence-electron chi connectivity index (χ0n) is 4.77. The van der Waals surface area contributed by atoms with Crippen molar-refractivity contribution in [3.63, 3.8) is 0 Å². The summed E-state index contributed by atoms with van der Waals surface area (Å²) >= 11 is 10.8. The lowest BCUT2D eigenvalue weighted by molar-refractivity contribution is 1.25. The van der Waals surface area contributed by atoms with Crippen LogP contribution in [0.1, 0.15) is 0 Å². The number of allylic oxidation sites excluding steroid dienone is 2. The molecule has 0 aromatic carbocycles. The van der Waals surface area contributed by atoms with Crippen LogP contribution in [0.15, 0.2) is 22.3 Å². The predicted octanol–water partition coefficient (Wildman–Crippen LogP) is 1.11. The van der Waals surface area contributed by atoms with Crippen molar-refractivity contribution in [3.8, 4) is 0 Å². The third-order valence-electron chi connectivity index (χ3n) is 0.589. The molecule has 0 aliphatic rings. The van der Waals surface area contributed by atoms with Gasteiger partial charge in [0.1, 0.15) is 5.16 Å². The summed E-state index contributed by atoms with van der Waals surface area (Å²) in [5.41, 5.74) is 10.2. The molecule has 0 aliphatic carbocycles. The van der Waals surface area contributed by atoms with Crippen LogP contribution in [-0.4, -0.2) is 6.54 Å². The van der Waals surface area contributed by atoms with Gasteiger partial charge in [-0.15, -0.1) is 0 Å². The topological polar surface area (TPSA) is 52.0 Å². The molecule has 0 aromatic rings. The van der Waals surface area contributed by atoms with E-state index in [1.165, 1.54) is 6.08 Å². The van der Waals surface area contributed by atoms with E-state index in [0.29, 0.717) is 11.6 Å². The number of nitrogens with two attached hydrogens (primary N) is 2. The molecule has 0 saturated heterocycles. The summed E-state index contributed by atoms with van der Waals surface area (Å²) in [5, 5.41) is 0.620. The molecule has 0 bridgehead atoms. The molecule has 0 aromatic heterocycles. The van der Waals surface area contributed by atoms with E-state index in [4.69, 9.17) is 34.7 Å². The normalized spacial score (nSPS) is 14.1. The number of hydrogen-bond donors (Lipinski definition) is 2. The van der Waals surface area contributed by atoms with E-state index in [-0.39, 0.29) is 5.16 Å². The summed E-state index contributed by atoms with van der Waals surface area (Å²) in [6.07, 6.45) is 3.03. The predicted molar refractivity (Wildman–Crippen MR) is 41.1 cm³/mol. The van der Waals surface area contributed by atoms with Crippen molar-refractivity contribution in [1.29, 1.82) is 0 Å². The molecule has 4 N–H and O–H groups in total. The van der Waals surface area contributed by atoms with Gasteiger partial charge in [-0.05, 0) is 6.08 Å². The highest BCUT2D eigenvalue weighted by Gasteiger charge is 1.84. The molecule has 0 atom stereocenters. The summed E-state index contributed by atoms with van der Waals surface area (Å²) in [5.74, 6) is 0. The third kappa shape index (κ3) is 5.69. The van der Waals surface area contributed by atoms with E-state index >= 15 is 0 Å². The van der Waals surface area contributed by atoms with Crippen molar-refractivity contribution in [1.82, 2.24) is 0 Å². The molecule has 2 nitrogen and oxygen atoms in total. The first-order chi connectivity index (χ1) is 4.16. The first kappa shape index (κ1) is 8.82. The molecule has 0 amide bonds. The fraction of sp³-hybridized carbons (Fsp3) is 0.200. The highest BCUT2D eigenvalue weighted by Crippen LogP contribution is 2.05. The van der Waals surface area contributed by atoms with Crippen LogP contribution >= 0.6 is 23.2 Å². The Morgan fingerprint density at radius 3 is 2.33 bits per heavy atom. The molecule has 9 heavy (non-hydrogen) atoms. The Bertz CT molecular complexity index is 136. The van der Waals surface area contributed by atoms with Crippen molar-refractivity contribution in [2.45, 2.75) is 0 Å². The Balaban J connectivity index is 3.90.